The van der Waals surface area contributed by atoms with E-state index in [4.69, 9.17) is 4.74 Å². The number of hydrogen-bond donors (Lipinski definition) is 0. The fourth-order valence-electron chi connectivity index (χ4n) is 0.740. The Hall–Kier alpha value is -0.0800. The minimum absolute atomic E-state index is 0.774. The topological polar surface area (TPSA) is 12.5 Å². The zero-order chi connectivity index (χ0) is 7.82. The summed E-state index contributed by atoms with van der Waals surface area (Å²) in [6, 6.07) is 0. The van der Waals surface area contributed by atoms with Gasteiger partial charge in [0.25, 0.3) is 0 Å². The lowest BCUT2D eigenvalue weighted by Crippen LogP contribution is -2.22. The molecule has 0 heterocycles. The first-order valence-electron chi connectivity index (χ1n) is 4.07. The Bertz CT molecular complexity index is 58.3. The van der Waals surface area contributed by atoms with E-state index in [1.54, 1.807) is 0 Å². The minimum atomic E-state index is 0.774. The van der Waals surface area contributed by atoms with E-state index < -0.39 is 0 Å². The molecule has 0 N–H and O–H groups in total. The van der Waals surface area contributed by atoms with Crippen molar-refractivity contribution in [2.75, 3.05) is 26.9 Å². The molecule has 0 spiro atoms. The first kappa shape index (κ1) is 9.92. The minimum Gasteiger partial charge on any atom is -0.366 e. The molecule has 0 atom stereocenters. The maximum Gasteiger partial charge on any atom is 0.0987 e. The van der Waals surface area contributed by atoms with Crippen LogP contribution in [0.1, 0.15) is 26.7 Å². The summed E-state index contributed by atoms with van der Waals surface area (Å²) in [5, 5.41) is 0. The quantitative estimate of drug-likeness (QED) is 0.528. The van der Waals surface area contributed by atoms with Gasteiger partial charge < -0.3 is 4.74 Å². The second-order valence-electron chi connectivity index (χ2n) is 2.56. The van der Waals surface area contributed by atoms with Crippen molar-refractivity contribution in [1.82, 2.24) is 4.90 Å². The van der Waals surface area contributed by atoms with Gasteiger partial charge in [0.15, 0.2) is 0 Å². The average molecular weight is 145 g/mol. The van der Waals surface area contributed by atoms with Gasteiger partial charge in [0.1, 0.15) is 0 Å². The molecule has 0 unspecified atom stereocenters. The number of unbranched alkanes of at least 4 members (excludes halogenated alkanes) is 1. The Kier molecular flexibility index (Phi) is 6.98. The zero-order valence-electron chi connectivity index (χ0n) is 7.39. The van der Waals surface area contributed by atoms with Crippen LogP contribution in [0.2, 0.25) is 0 Å². The van der Waals surface area contributed by atoms with Crippen LogP contribution in [-0.4, -0.2) is 31.8 Å². The lowest BCUT2D eigenvalue weighted by Gasteiger charge is -2.14. The fraction of sp³-hybridized carbons (Fsp3) is 1.00. The van der Waals surface area contributed by atoms with Crippen molar-refractivity contribution in [2.45, 2.75) is 26.7 Å². The molecule has 0 fully saturated rings. The van der Waals surface area contributed by atoms with E-state index in [9.17, 15) is 0 Å². The molecule has 62 valence electrons. The molecule has 2 nitrogen and oxygen atoms in total. The maximum atomic E-state index is 5.22. The van der Waals surface area contributed by atoms with Crippen molar-refractivity contribution in [3.63, 3.8) is 0 Å². The third kappa shape index (κ3) is 6.05. The van der Waals surface area contributed by atoms with Crippen molar-refractivity contribution in [3.05, 3.63) is 0 Å². The number of nitrogens with zero attached hydrogens (tertiary/aromatic N) is 1. The summed E-state index contributed by atoms with van der Waals surface area (Å²) in [6.07, 6.45) is 2.53. The van der Waals surface area contributed by atoms with E-state index in [1.807, 2.05) is 6.92 Å². The third-order valence-electron chi connectivity index (χ3n) is 1.41. The molecule has 0 aliphatic heterocycles. The molecule has 10 heavy (non-hydrogen) atoms. The highest BCUT2D eigenvalue weighted by atomic mass is 16.5. The van der Waals surface area contributed by atoms with Gasteiger partial charge in [0.05, 0.1) is 6.73 Å². The Labute approximate surface area is 64.2 Å². The summed E-state index contributed by atoms with van der Waals surface area (Å²) < 4.78 is 5.22. The van der Waals surface area contributed by atoms with E-state index in [2.05, 4.69) is 18.9 Å². The molecular weight excluding hydrogens is 126 g/mol. The van der Waals surface area contributed by atoms with Gasteiger partial charge in [-0.2, -0.15) is 0 Å². The molecule has 0 rings (SSSR count). The van der Waals surface area contributed by atoms with Crippen LogP contribution in [0.4, 0.5) is 0 Å². The highest BCUT2D eigenvalue weighted by molar-refractivity contribution is 4.43. The van der Waals surface area contributed by atoms with Crippen LogP contribution >= 0.6 is 0 Å². The van der Waals surface area contributed by atoms with Gasteiger partial charge in [-0.05, 0) is 26.9 Å². The zero-order valence-corrected chi connectivity index (χ0v) is 7.39. The highest BCUT2D eigenvalue weighted by Crippen LogP contribution is 1.90. The normalized spacial score (nSPS) is 10.8. The number of rotatable bonds is 6. The maximum absolute atomic E-state index is 5.22. The SMILES string of the molecule is CCCCN(C)COCC. The summed E-state index contributed by atoms with van der Waals surface area (Å²) in [5.74, 6) is 0. The van der Waals surface area contributed by atoms with E-state index in [0.717, 1.165) is 19.9 Å². The first-order valence-corrected chi connectivity index (χ1v) is 4.07. The van der Waals surface area contributed by atoms with Crippen molar-refractivity contribution in [2.24, 2.45) is 0 Å². The van der Waals surface area contributed by atoms with Gasteiger partial charge in [-0.25, -0.2) is 0 Å². The third-order valence-corrected chi connectivity index (χ3v) is 1.41. The van der Waals surface area contributed by atoms with Crippen LogP contribution in [0, 0.1) is 0 Å². The number of hydrogen-bond acceptors (Lipinski definition) is 2. The monoisotopic (exact) mass is 145 g/mol. The summed E-state index contributed by atoms with van der Waals surface area (Å²) >= 11 is 0. The summed E-state index contributed by atoms with van der Waals surface area (Å²) in [5.41, 5.74) is 0. The molecule has 0 saturated carbocycles. The van der Waals surface area contributed by atoms with E-state index in [0.29, 0.717) is 0 Å². The molecule has 2 heteroatoms. The molecule has 0 radical (unpaired) electrons. The van der Waals surface area contributed by atoms with Crippen molar-refractivity contribution in [3.8, 4) is 0 Å². The largest absolute Gasteiger partial charge is 0.366 e. The van der Waals surface area contributed by atoms with Crippen LogP contribution in [-0.2, 0) is 4.74 Å². The Balaban J connectivity index is 3.00. The van der Waals surface area contributed by atoms with Crippen LogP contribution < -0.4 is 0 Å². The molecule has 0 aromatic carbocycles. The number of ether oxygens (including phenoxy) is 1. The van der Waals surface area contributed by atoms with E-state index in [-0.39, 0.29) is 0 Å². The van der Waals surface area contributed by atoms with Crippen molar-refractivity contribution < 1.29 is 4.74 Å². The van der Waals surface area contributed by atoms with Crippen LogP contribution in [0.15, 0.2) is 0 Å². The van der Waals surface area contributed by atoms with Crippen molar-refractivity contribution in [1.29, 1.82) is 0 Å². The van der Waals surface area contributed by atoms with Gasteiger partial charge >= 0.3 is 0 Å². The molecule has 0 aromatic heterocycles. The highest BCUT2D eigenvalue weighted by Gasteiger charge is 1.94. The lowest BCUT2D eigenvalue weighted by molar-refractivity contribution is 0.0502. The fourth-order valence-corrected chi connectivity index (χ4v) is 0.740. The predicted octanol–water partition coefficient (Wildman–Crippen LogP) is 1.71. The molecule has 0 bridgehead atoms. The molecule has 0 aliphatic carbocycles. The lowest BCUT2D eigenvalue weighted by atomic mass is 10.3. The van der Waals surface area contributed by atoms with Crippen LogP contribution in [0.5, 0.6) is 0 Å². The Morgan fingerprint density at radius 3 is 2.50 bits per heavy atom. The van der Waals surface area contributed by atoms with Gasteiger partial charge in [0.2, 0.25) is 0 Å². The summed E-state index contributed by atoms with van der Waals surface area (Å²) in [4.78, 5) is 2.20. The van der Waals surface area contributed by atoms with E-state index in [1.165, 1.54) is 12.8 Å². The summed E-state index contributed by atoms with van der Waals surface area (Å²) in [7, 11) is 2.09. The molecule has 0 aliphatic rings. The van der Waals surface area contributed by atoms with Gasteiger partial charge in [0, 0.05) is 6.61 Å². The molecule has 0 amide bonds. The van der Waals surface area contributed by atoms with Crippen LogP contribution in [0.25, 0.3) is 0 Å². The molecular formula is C8H19NO. The molecule has 0 aromatic rings. The van der Waals surface area contributed by atoms with Gasteiger partial charge in [-0.15, -0.1) is 0 Å². The van der Waals surface area contributed by atoms with Crippen molar-refractivity contribution >= 4 is 0 Å². The average Bonchev–Trinajstić information content (AvgIpc) is 1.97. The van der Waals surface area contributed by atoms with Gasteiger partial charge in [-0.1, -0.05) is 13.3 Å². The van der Waals surface area contributed by atoms with Crippen LogP contribution in [0.3, 0.4) is 0 Å². The second-order valence-corrected chi connectivity index (χ2v) is 2.56. The Morgan fingerprint density at radius 1 is 1.30 bits per heavy atom. The van der Waals surface area contributed by atoms with Gasteiger partial charge in [-0.3, -0.25) is 4.90 Å². The predicted molar refractivity (Wildman–Crippen MR) is 44.0 cm³/mol. The standard InChI is InChI=1S/C8H19NO/c1-4-6-7-9(3)8-10-5-2/h4-8H2,1-3H3. The second kappa shape index (κ2) is 7.03. The van der Waals surface area contributed by atoms with E-state index >= 15 is 0 Å². The smallest absolute Gasteiger partial charge is 0.0987 e. The first-order chi connectivity index (χ1) is 4.81. The summed E-state index contributed by atoms with van der Waals surface area (Å²) in [6.45, 7) is 6.96. The molecule has 0 saturated heterocycles. The Morgan fingerprint density at radius 2 is 2.00 bits per heavy atom.